The molecule has 27 heavy (non-hydrogen) atoms. The molecule has 2 aliphatic heterocycles. The van der Waals surface area contributed by atoms with E-state index in [1.807, 2.05) is 24.3 Å². The van der Waals surface area contributed by atoms with Gasteiger partial charge in [0.2, 0.25) is 0 Å². The van der Waals surface area contributed by atoms with Crippen molar-refractivity contribution in [2.24, 2.45) is 0 Å². The molecule has 0 saturated carbocycles. The molecule has 2 aliphatic rings. The smallest absolute Gasteiger partial charge is 0.334 e. The van der Waals surface area contributed by atoms with Crippen molar-refractivity contribution in [1.82, 2.24) is 0 Å². The van der Waals surface area contributed by atoms with Gasteiger partial charge in [0, 0.05) is 16.2 Å². The average molecular weight is 477 g/mol. The summed E-state index contributed by atoms with van der Waals surface area (Å²) in [5, 5.41) is 9.63. The van der Waals surface area contributed by atoms with E-state index in [9.17, 15) is 14.7 Å². The number of rotatable bonds is 3. The van der Waals surface area contributed by atoms with E-state index < -0.39 is 23.3 Å². The number of carbonyl (C=O) groups excluding carboxylic acids is 1. The van der Waals surface area contributed by atoms with Crippen LogP contribution < -0.4 is 4.90 Å². The number of benzene rings is 2. The molecule has 2 heterocycles. The molecule has 0 aliphatic carbocycles. The largest absolute Gasteiger partial charge is 0.478 e. The lowest BCUT2D eigenvalue weighted by Gasteiger charge is -2.30. The number of carboxylic acid groups (broad SMARTS) is 1. The van der Waals surface area contributed by atoms with Crippen molar-refractivity contribution in [3.05, 3.63) is 75.4 Å². The SMILES string of the molecule is C=C(C(=O)O)[C@]1(c2ccccc2)CO[C@@]2(O1)C(=O)N(C)c1ccc(I)cc12. The third-order valence-electron chi connectivity index (χ3n) is 5.04. The first-order valence-electron chi connectivity index (χ1n) is 8.22. The molecule has 0 radical (unpaired) electrons. The Hall–Kier alpha value is -2.23. The maximum atomic E-state index is 13.1. The summed E-state index contributed by atoms with van der Waals surface area (Å²) in [5.41, 5.74) is 0.166. The Morgan fingerprint density at radius 3 is 2.63 bits per heavy atom. The van der Waals surface area contributed by atoms with E-state index in [-0.39, 0.29) is 12.2 Å². The highest BCUT2D eigenvalue weighted by Crippen LogP contribution is 2.54. The summed E-state index contributed by atoms with van der Waals surface area (Å²) in [5.74, 6) is -3.30. The van der Waals surface area contributed by atoms with Crippen molar-refractivity contribution in [3.63, 3.8) is 0 Å². The Balaban J connectivity index is 1.90. The molecule has 4 rings (SSSR count). The highest BCUT2D eigenvalue weighted by atomic mass is 127. The molecule has 7 heteroatoms. The van der Waals surface area contributed by atoms with Crippen LogP contribution in [-0.2, 0) is 30.5 Å². The molecule has 1 saturated heterocycles. The Bertz CT molecular complexity index is 976. The molecule has 0 bridgehead atoms. The lowest BCUT2D eigenvalue weighted by atomic mass is 9.87. The molecule has 1 fully saturated rings. The second-order valence-corrected chi connectivity index (χ2v) is 7.76. The van der Waals surface area contributed by atoms with Crippen LogP contribution in [0.3, 0.4) is 0 Å². The zero-order valence-corrected chi connectivity index (χ0v) is 16.6. The number of likely N-dealkylation sites (N-methyl/N-ethyl adjacent to an activating group) is 1. The van der Waals surface area contributed by atoms with Crippen molar-refractivity contribution in [2.45, 2.75) is 11.4 Å². The Morgan fingerprint density at radius 2 is 1.96 bits per heavy atom. The second-order valence-electron chi connectivity index (χ2n) is 6.51. The highest BCUT2D eigenvalue weighted by molar-refractivity contribution is 14.1. The third-order valence-corrected chi connectivity index (χ3v) is 5.71. The number of anilines is 1. The van der Waals surface area contributed by atoms with Crippen molar-refractivity contribution in [3.8, 4) is 0 Å². The van der Waals surface area contributed by atoms with Crippen LogP contribution >= 0.6 is 22.6 Å². The number of aliphatic carboxylic acids is 1. The summed E-state index contributed by atoms with van der Waals surface area (Å²) < 4.78 is 13.2. The number of halogens is 1. The van der Waals surface area contributed by atoms with Crippen LogP contribution in [0.1, 0.15) is 11.1 Å². The van der Waals surface area contributed by atoms with E-state index in [4.69, 9.17) is 9.47 Å². The predicted molar refractivity (Wildman–Crippen MR) is 106 cm³/mol. The summed E-state index contributed by atoms with van der Waals surface area (Å²) in [7, 11) is 1.64. The van der Waals surface area contributed by atoms with Crippen LogP contribution in [-0.4, -0.2) is 30.6 Å². The molecule has 0 aromatic heterocycles. The first-order valence-corrected chi connectivity index (χ1v) is 9.30. The summed E-state index contributed by atoms with van der Waals surface area (Å²) in [4.78, 5) is 26.4. The van der Waals surface area contributed by atoms with Crippen LogP contribution in [0, 0.1) is 3.57 Å². The Labute approximate surface area is 169 Å². The van der Waals surface area contributed by atoms with Gasteiger partial charge in [-0.1, -0.05) is 36.9 Å². The number of carbonyl (C=O) groups is 2. The van der Waals surface area contributed by atoms with Crippen molar-refractivity contribution in [2.75, 3.05) is 18.6 Å². The van der Waals surface area contributed by atoms with Gasteiger partial charge in [-0.15, -0.1) is 0 Å². The number of fused-ring (bicyclic) bond motifs is 2. The minimum absolute atomic E-state index is 0.132. The van der Waals surface area contributed by atoms with E-state index >= 15 is 0 Å². The van der Waals surface area contributed by atoms with E-state index in [0.29, 0.717) is 16.8 Å². The quantitative estimate of drug-likeness (QED) is 0.544. The predicted octanol–water partition coefficient (Wildman–Crippen LogP) is 3.00. The van der Waals surface area contributed by atoms with E-state index in [1.54, 1.807) is 31.3 Å². The number of ether oxygens (including phenoxy) is 2. The minimum Gasteiger partial charge on any atom is -0.478 e. The molecule has 138 valence electrons. The van der Waals surface area contributed by atoms with E-state index in [1.165, 1.54) is 4.90 Å². The van der Waals surface area contributed by atoms with Gasteiger partial charge in [0.15, 0.2) is 5.60 Å². The number of nitrogens with zero attached hydrogens (tertiary/aromatic N) is 1. The van der Waals surface area contributed by atoms with Crippen molar-refractivity contribution < 1.29 is 24.2 Å². The molecule has 6 nitrogen and oxygen atoms in total. The maximum absolute atomic E-state index is 13.1. The van der Waals surface area contributed by atoms with Crippen LogP contribution in [0.25, 0.3) is 0 Å². The Kier molecular flexibility index (Phi) is 4.13. The fourth-order valence-electron chi connectivity index (χ4n) is 3.60. The first kappa shape index (κ1) is 18.1. The zero-order valence-electron chi connectivity index (χ0n) is 14.4. The van der Waals surface area contributed by atoms with Crippen molar-refractivity contribution in [1.29, 1.82) is 0 Å². The number of carboxylic acids is 1. The second kappa shape index (κ2) is 6.15. The highest BCUT2D eigenvalue weighted by Gasteiger charge is 2.63. The fraction of sp³-hybridized carbons (Fsp3) is 0.200. The van der Waals surface area contributed by atoms with Crippen LogP contribution in [0.5, 0.6) is 0 Å². The van der Waals surface area contributed by atoms with Crippen molar-refractivity contribution >= 4 is 40.2 Å². The molecule has 2 aromatic rings. The van der Waals surface area contributed by atoms with Gasteiger partial charge in [-0.05, 0) is 46.4 Å². The lowest BCUT2D eigenvalue weighted by molar-refractivity contribution is -0.195. The number of hydrogen-bond donors (Lipinski definition) is 1. The van der Waals surface area contributed by atoms with Gasteiger partial charge in [0.1, 0.15) is 0 Å². The summed E-state index contributed by atoms with van der Waals surface area (Å²) in [6.45, 7) is 3.59. The molecular formula is C20H16INO5. The van der Waals surface area contributed by atoms with Crippen LogP contribution in [0.15, 0.2) is 60.7 Å². The monoisotopic (exact) mass is 477 g/mol. The van der Waals surface area contributed by atoms with Gasteiger partial charge in [0.25, 0.3) is 11.7 Å². The Morgan fingerprint density at radius 1 is 1.26 bits per heavy atom. The zero-order chi connectivity index (χ0) is 19.4. The first-order chi connectivity index (χ1) is 12.8. The molecule has 2 aromatic carbocycles. The standard InChI is InChI=1S/C20H16INO5/c1-12(17(23)24)19(13-6-4-3-5-7-13)11-26-20(27-19)15-10-14(21)8-9-16(15)22(2)18(20)25/h3-10H,1,11H2,2H3,(H,23,24)/t19-,20-/m0/s1. The van der Waals surface area contributed by atoms with E-state index in [0.717, 1.165) is 3.57 Å². The van der Waals surface area contributed by atoms with Gasteiger partial charge < -0.3 is 19.5 Å². The van der Waals surface area contributed by atoms with Crippen LogP contribution in [0.4, 0.5) is 5.69 Å². The number of amides is 1. The molecule has 1 amide bonds. The van der Waals surface area contributed by atoms with Gasteiger partial charge >= 0.3 is 5.97 Å². The van der Waals surface area contributed by atoms with E-state index in [2.05, 4.69) is 29.2 Å². The van der Waals surface area contributed by atoms with Gasteiger partial charge in [-0.2, -0.15) is 0 Å². The molecular weight excluding hydrogens is 461 g/mol. The topological polar surface area (TPSA) is 76.1 Å². The molecule has 1 N–H and O–H groups in total. The summed E-state index contributed by atoms with van der Waals surface area (Å²) in [6.07, 6.45) is 0. The average Bonchev–Trinajstić information content (AvgIpc) is 3.17. The van der Waals surface area contributed by atoms with Gasteiger partial charge in [-0.25, -0.2) is 4.79 Å². The minimum atomic E-state index is -1.69. The normalized spacial score (nSPS) is 26.4. The van der Waals surface area contributed by atoms with Crippen LogP contribution in [0.2, 0.25) is 0 Å². The fourth-order valence-corrected chi connectivity index (χ4v) is 4.09. The van der Waals surface area contributed by atoms with Gasteiger partial charge in [0.05, 0.1) is 17.9 Å². The molecule has 1 spiro atoms. The molecule has 0 unspecified atom stereocenters. The summed E-state index contributed by atoms with van der Waals surface area (Å²) in [6, 6.07) is 14.4. The maximum Gasteiger partial charge on any atom is 0.334 e. The summed E-state index contributed by atoms with van der Waals surface area (Å²) >= 11 is 2.15. The molecule has 2 atom stereocenters. The lowest BCUT2D eigenvalue weighted by Crippen LogP contribution is -2.42. The van der Waals surface area contributed by atoms with Gasteiger partial charge in [-0.3, -0.25) is 4.79 Å². The third kappa shape index (κ3) is 2.45. The number of hydrogen-bond acceptors (Lipinski definition) is 4.